The molecule has 0 saturated carbocycles. The molecule has 7 nitrogen and oxygen atoms in total. The molecule has 1 aromatic carbocycles. The van der Waals surface area contributed by atoms with Crippen LogP contribution in [0.5, 0.6) is 0 Å². The van der Waals surface area contributed by atoms with Crippen LogP contribution in [0.2, 0.25) is 0 Å². The van der Waals surface area contributed by atoms with Crippen molar-refractivity contribution in [1.29, 1.82) is 0 Å². The highest BCUT2D eigenvalue weighted by molar-refractivity contribution is 7.22. The molecular weight excluding hydrogens is 398 g/mol. The number of aryl methyl sites for hydroxylation is 1. The molecule has 30 heavy (non-hydrogen) atoms. The van der Waals surface area contributed by atoms with E-state index in [4.69, 9.17) is 9.72 Å². The zero-order chi connectivity index (χ0) is 21.1. The number of para-hydroxylation sites is 1. The van der Waals surface area contributed by atoms with E-state index in [9.17, 15) is 4.79 Å². The first-order valence-corrected chi connectivity index (χ1v) is 11.4. The number of hydrogen-bond donors (Lipinski definition) is 0. The lowest BCUT2D eigenvalue weighted by molar-refractivity contribution is 0.0391. The van der Waals surface area contributed by atoms with Gasteiger partial charge in [-0.25, -0.2) is 4.98 Å². The number of nitrogens with zero attached hydrogens (tertiary/aromatic N) is 5. The molecule has 1 saturated heterocycles. The number of amides is 1. The van der Waals surface area contributed by atoms with E-state index in [1.165, 1.54) is 5.56 Å². The van der Waals surface area contributed by atoms with E-state index in [1.807, 2.05) is 18.7 Å². The van der Waals surface area contributed by atoms with Crippen molar-refractivity contribution in [1.82, 2.24) is 19.7 Å². The standard InChI is InChI=1S/C22H29N5O2S/c1-4-17-6-5-7-19-20(17)24-22(30-19)26(11-10-25-12-14-29-15-13-25)21(28)18-8-9-23-27(18)16(2)3/h5-9,16H,4,10-15H2,1-3H3. The molecule has 0 bridgehead atoms. The number of thiazole rings is 1. The molecule has 0 aliphatic carbocycles. The molecule has 8 heteroatoms. The van der Waals surface area contributed by atoms with E-state index in [0.29, 0.717) is 12.2 Å². The van der Waals surface area contributed by atoms with Crippen LogP contribution >= 0.6 is 11.3 Å². The Kier molecular flexibility index (Phi) is 6.46. The summed E-state index contributed by atoms with van der Waals surface area (Å²) in [5, 5.41) is 5.11. The van der Waals surface area contributed by atoms with Crippen LogP contribution < -0.4 is 4.90 Å². The summed E-state index contributed by atoms with van der Waals surface area (Å²) < 4.78 is 8.36. The minimum Gasteiger partial charge on any atom is -0.379 e. The zero-order valence-electron chi connectivity index (χ0n) is 17.9. The van der Waals surface area contributed by atoms with Crippen LogP contribution in [0.1, 0.15) is 42.9 Å². The fraction of sp³-hybridized carbons (Fsp3) is 0.500. The average Bonchev–Trinajstić information content (AvgIpc) is 3.41. The Morgan fingerprint density at radius 3 is 2.80 bits per heavy atom. The Bertz CT molecular complexity index is 1010. The number of carbonyl (C=O) groups is 1. The van der Waals surface area contributed by atoms with E-state index >= 15 is 0 Å². The normalized spacial score (nSPS) is 15.2. The van der Waals surface area contributed by atoms with Gasteiger partial charge in [-0.2, -0.15) is 5.10 Å². The molecule has 1 aliphatic heterocycles. The van der Waals surface area contributed by atoms with Crippen LogP contribution in [-0.2, 0) is 11.2 Å². The summed E-state index contributed by atoms with van der Waals surface area (Å²) in [6.45, 7) is 10.9. The van der Waals surface area contributed by atoms with Gasteiger partial charge in [0.1, 0.15) is 5.69 Å². The van der Waals surface area contributed by atoms with Crippen LogP contribution in [0.4, 0.5) is 5.13 Å². The predicted octanol–water partition coefficient (Wildman–Crippen LogP) is 3.62. The molecule has 0 atom stereocenters. The third-order valence-electron chi connectivity index (χ3n) is 5.47. The highest BCUT2D eigenvalue weighted by atomic mass is 32.1. The van der Waals surface area contributed by atoms with Gasteiger partial charge in [0.2, 0.25) is 0 Å². The maximum Gasteiger partial charge on any atom is 0.278 e. The van der Waals surface area contributed by atoms with Crippen LogP contribution in [0.3, 0.4) is 0 Å². The molecule has 1 amide bonds. The molecule has 0 spiro atoms. The molecule has 3 heterocycles. The van der Waals surface area contributed by atoms with Gasteiger partial charge in [0, 0.05) is 38.4 Å². The van der Waals surface area contributed by atoms with Gasteiger partial charge in [-0.15, -0.1) is 0 Å². The number of carbonyl (C=O) groups excluding carboxylic acids is 1. The van der Waals surface area contributed by atoms with Gasteiger partial charge in [-0.1, -0.05) is 30.4 Å². The van der Waals surface area contributed by atoms with E-state index < -0.39 is 0 Å². The van der Waals surface area contributed by atoms with E-state index in [-0.39, 0.29) is 11.9 Å². The Morgan fingerprint density at radius 2 is 2.07 bits per heavy atom. The van der Waals surface area contributed by atoms with Crippen molar-refractivity contribution in [2.24, 2.45) is 0 Å². The van der Waals surface area contributed by atoms with Crippen molar-refractivity contribution in [3.05, 3.63) is 41.7 Å². The van der Waals surface area contributed by atoms with Crippen LogP contribution in [0, 0.1) is 0 Å². The topological polar surface area (TPSA) is 63.5 Å². The van der Waals surface area contributed by atoms with Crippen molar-refractivity contribution >= 4 is 32.6 Å². The highest BCUT2D eigenvalue weighted by Crippen LogP contribution is 2.32. The third-order valence-corrected chi connectivity index (χ3v) is 6.51. The molecule has 3 aromatic rings. The summed E-state index contributed by atoms with van der Waals surface area (Å²) >= 11 is 1.58. The minimum absolute atomic E-state index is 0.0495. The number of benzene rings is 1. The molecule has 4 rings (SSSR count). The molecule has 1 aliphatic rings. The lowest BCUT2D eigenvalue weighted by atomic mass is 10.1. The van der Waals surface area contributed by atoms with Crippen molar-refractivity contribution in [2.75, 3.05) is 44.3 Å². The highest BCUT2D eigenvalue weighted by Gasteiger charge is 2.26. The Labute approximate surface area is 181 Å². The first-order chi connectivity index (χ1) is 14.6. The quantitative estimate of drug-likeness (QED) is 0.576. The number of morpholine rings is 1. The molecular formula is C22H29N5O2S. The van der Waals surface area contributed by atoms with Gasteiger partial charge >= 0.3 is 0 Å². The van der Waals surface area contributed by atoms with Crippen LogP contribution in [-0.4, -0.2) is 65.0 Å². The Hall–Kier alpha value is -2.29. The van der Waals surface area contributed by atoms with Crippen molar-refractivity contribution in [3.8, 4) is 0 Å². The molecule has 0 radical (unpaired) electrons. The van der Waals surface area contributed by atoms with E-state index in [1.54, 1.807) is 28.3 Å². The fourth-order valence-electron chi connectivity index (χ4n) is 3.78. The van der Waals surface area contributed by atoms with E-state index in [0.717, 1.165) is 54.6 Å². The summed E-state index contributed by atoms with van der Waals surface area (Å²) in [6.07, 6.45) is 2.61. The fourth-order valence-corrected chi connectivity index (χ4v) is 4.82. The first kappa shape index (κ1) is 21.0. The predicted molar refractivity (Wildman–Crippen MR) is 121 cm³/mol. The van der Waals surface area contributed by atoms with Gasteiger partial charge in [0.05, 0.1) is 23.4 Å². The first-order valence-electron chi connectivity index (χ1n) is 10.6. The lowest BCUT2D eigenvalue weighted by Gasteiger charge is -2.29. The molecule has 0 N–H and O–H groups in total. The van der Waals surface area contributed by atoms with Crippen LogP contribution in [0.15, 0.2) is 30.5 Å². The minimum atomic E-state index is -0.0495. The summed E-state index contributed by atoms with van der Waals surface area (Å²) in [5.41, 5.74) is 2.81. The van der Waals surface area contributed by atoms with Gasteiger partial charge in [-0.3, -0.25) is 19.3 Å². The number of fused-ring (bicyclic) bond motifs is 1. The maximum atomic E-state index is 13.6. The average molecular weight is 428 g/mol. The van der Waals surface area contributed by atoms with Gasteiger partial charge < -0.3 is 4.74 Å². The molecule has 0 unspecified atom stereocenters. The second-order valence-electron chi connectivity index (χ2n) is 7.78. The molecule has 160 valence electrons. The van der Waals surface area contributed by atoms with Gasteiger partial charge in [0.25, 0.3) is 5.91 Å². The molecule has 1 fully saturated rings. The number of rotatable bonds is 7. The summed E-state index contributed by atoms with van der Waals surface area (Å²) in [6, 6.07) is 8.17. The van der Waals surface area contributed by atoms with Gasteiger partial charge in [-0.05, 0) is 38.0 Å². The Morgan fingerprint density at radius 1 is 1.27 bits per heavy atom. The van der Waals surface area contributed by atoms with Gasteiger partial charge in [0.15, 0.2) is 5.13 Å². The monoisotopic (exact) mass is 427 g/mol. The second kappa shape index (κ2) is 9.24. The zero-order valence-corrected chi connectivity index (χ0v) is 18.7. The number of anilines is 1. The second-order valence-corrected chi connectivity index (χ2v) is 8.79. The largest absolute Gasteiger partial charge is 0.379 e. The van der Waals surface area contributed by atoms with Crippen molar-refractivity contribution in [2.45, 2.75) is 33.2 Å². The lowest BCUT2D eigenvalue weighted by Crippen LogP contribution is -2.43. The third kappa shape index (κ3) is 4.26. The molecule has 2 aromatic heterocycles. The smallest absolute Gasteiger partial charge is 0.278 e. The van der Waals surface area contributed by atoms with E-state index in [2.05, 4.69) is 35.1 Å². The number of aromatic nitrogens is 3. The summed E-state index contributed by atoms with van der Waals surface area (Å²) in [4.78, 5) is 22.7. The summed E-state index contributed by atoms with van der Waals surface area (Å²) in [5.74, 6) is -0.0495. The number of ether oxygens (including phenoxy) is 1. The Balaban J connectivity index is 1.67. The van der Waals surface area contributed by atoms with Crippen molar-refractivity contribution in [3.63, 3.8) is 0 Å². The SMILES string of the molecule is CCc1cccc2sc(N(CCN3CCOCC3)C(=O)c3ccnn3C(C)C)nc12. The summed E-state index contributed by atoms with van der Waals surface area (Å²) in [7, 11) is 0. The van der Waals surface area contributed by atoms with Crippen LogP contribution in [0.25, 0.3) is 10.2 Å². The number of hydrogen-bond acceptors (Lipinski definition) is 6. The van der Waals surface area contributed by atoms with Crippen molar-refractivity contribution < 1.29 is 9.53 Å². The maximum absolute atomic E-state index is 13.6.